The van der Waals surface area contributed by atoms with E-state index in [9.17, 15) is 13.2 Å². The van der Waals surface area contributed by atoms with E-state index < -0.39 is 10.0 Å². The fraction of sp³-hybridized carbons (Fsp3) is 0.235. The number of nitrogens with one attached hydrogen (secondary N) is 1. The van der Waals surface area contributed by atoms with Crippen LogP contribution in [0.5, 0.6) is 11.5 Å². The van der Waals surface area contributed by atoms with Crippen LogP contribution in [0.2, 0.25) is 5.02 Å². The molecule has 2 rings (SSSR count). The van der Waals surface area contributed by atoms with E-state index in [0.29, 0.717) is 10.8 Å². The van der Waals surface area contributed by atoms with Crippen LogP contribution in [0.4, 0.5) is 5.69 Å². The Balaban J connectivity index is 2.47. The molecule has 140 valence electrons. The van der Waals surface area contributed by atoms with Gasteiger partial charge < -0.3 is 14.4 Å². The Bertz CT molecular complexity index is 929. The molecule has 0 fully saturated rings. The minimum absolute atomic E-state index is 0.0432. The lowest BCUT2D eigenvalue weighted by atomic mass is 10.1. The average molecular weight is 399 g/mol. The number of benzene rings is 2. The van der Waals surface area contributed by atoms with E-state index in [-0.39, 0.29) is 27.8 Å². The summed E-state index contributed by atoms with van der Waals surface area (Å²) in [4.78, 5) is 13.6. The van der Waals surface area contributed by atoms with E-state index in [1.54, 1.807) is 14.1 Å². The average Bonchev–Trinajstić information content (AvgIpc) is 2.60. The monoisotopic (exact) mass is 398 g/mol. The van der Waals surface area contributed by atoms with Crippen LogP contribution in [-0.4, -0.2) is 47.5 Å². The van der Waals surface area contributed by atoms with Crippen molar-refractivity contribution in [2.75, 3.05) is 33.0 Å². The topological polar surface area (TPSA) is 84.9 Å². The van der Waals surface area contributed by atoms with Crippen LogP contribution in [0.1, 0.15) is 10.4 Å². The van der Waals surface area contributed by atoms with E-state index in [1.165, 1.54) is 55.5 Å². The van der Waals surface area contributed by atoms with Crippen molar-refractivity contribution in [3.63, 3.8) is 0 Å². The molecule has 0 aliphatic rings. The highest BCUT2D eigenvalue weighted by Crippen LogP contribution is 2.31. The minimum Gasteiger partial charge on any atom is -0.493 e. The Kier molecular flexibility index (Phi) is 5.99. The van der Waals surface area contributed by atoms with Gasteiger partial charge in [0, 0.05) is 25.2 Å². The predicted molar refractivity (Wildman–Crippen MR) is 99.8 cm³/mol. The summed E-state index contributed by atoms with van der Waals surface area (Å²) in [6.07, 6.45) is 0. The van der Waals surface area contributed by atoms with Gasteiger partial charge in [-0.25, -0.2) is 8.42 Å². The number of carbonyl (C=O) groups is 1. The maximum atomic E-state index is 12.7. The maximum Gasteiger partial charge on any atom is 0.262 e. The van der Waals surface area contributed by atoms with Crippen molar-refractivity contribution in [1.82, 2.24) is 4.90 Å². The zero-order valence-corrected chi connectivity index (χ0v) is 16.3. The predicted octanol–water partition coefficient (Wildman–Crippen LogP) is 2.86. The van der Waals surface area contributed by atoms with Crippen LogP contribution < -0.4 is 14.2 Å². The molecule has 0 aromatic heterocycles. The number of rotatable bonds is 6. The molecule has 0 heterocycles. The third-order valence-corrected chi connectivity index (χ3v) is 5.13. The number of ether oxygens (including phenoxy) is 2. The van der Waals surface area contributed by atoms with E-state index >= 15 is 0 Å². The summed E-state index contributed by atoms with van der Waals surface area (Å²) in [6, 6.07) is 8.57. The van der Waals surface area contributed by atoms with E-state index in [4.69, 9.17) is 21.1 Å². The molecule has 7 nitrogen and oxygen atoms in total. The molecule has 0 spiro atoms. The molecule has 26 heavy (non-hydrogen) atoms. The molecular weight excluding hydrogens is 380 g/mol. The quantitative estimate of drug-likeness (QED) is 0.808. The number of halogens is 1. The van der Waals surface area contributed by atoms with Gasteiger partial charge in [-0.05, 0) is 30.3 Å². The van der Waals surface area contributed by atoms with Crippen molar-refractivity contribution in [2.45, 2.75) is 4.90 Å². The number of methoxy groups -OCH3 is 2. The third-order valence-electron chi connectivity index (χ3n) is 3.53. The second kappa shape index (κ2) is 7.84. The highest BCUT2D eigenvalue weighted by molar-refractivity contribution is 7.92. The SMILES string of the molecule is COc1ccc(S(=O)(=O)Nc2cc(Cl)ccc2C(=O)N(C)C)cc1OC. The fourth-order valence-electron chi connectivity index (χ4n) is 2.22. The smallest absolute Gasteiger partial charge is 0.262 e. The summed E-state index contributed by atoms with van der Waals surface area (Å²) in [5.74, 6) is 0.315. The van der Waals surface area contributed by atoms with E-state index in [0.717, 1.165) is 0 Å². The molecule has 2 aromatic carbocycles. The molecule has 0 saturated carbocycles. The summed E-state index contributed by atoms with van der Waals surface area (Å²) in [5.41, 5.74) is 0.273. The van der Waals surface area contributed by atoms with Crippen LogP contribution in [0.15, 0.2) is 41.3 Å². The molecule has 0 bridgehead atoms. The van der Waals surface area contributed by atoms with Crippen LogP contribution in [-0.2, 0) is 10.0 Å². The van der Waals surface area contributed by atoms with Gasteiger partial charge in [0.1, 0.15) is 0 Å². The van der Waals surface area contributed by atoms with Crippen molar-refractivity contribution in [3.05, 3.63) is 47.0 Å². The van der Waals surface area contributed by atoms with Gasteiger partial charge in [-0.15, -0.1) is 0 Å². The second-order valence-electron chi connectivity index (χ2n) is 5.51. The number of amides is 1. The molecule has 9 heteroatoms. The van der Waals surface area contributed by atoms with Gasteiger partial charge in [0.25, 0.3) is 15.9 Å². The van der Waals surface area contributed by atoms with Gasteiger partial charge in [-0.2, -0.15) is 0 Å². The Labute approximate surface area is 157 Å². The fourth-order valence-corrected chi connectivity index (χ4v) is 3.47. The zero-order chi connectivity index (χ0) is 19.5. The second-order valence-corrected chi connectivity index (χ2v) is 7.63. The summed E-state index contributed by atoms with van der Waals surface area (Å²) >= 11 is 5.97. The number of hydrogen-bond donors (Lipinski definition) is 1. The van der Waals surface area contributed by atoms with Gasteiger partial charge in [0.05, 0.1) is 30.4 Å². The van der Waals surface area contributed by atoms with Gasteiger partial charge >= 0.3 is 0 Å². The Morgan fingerprint density at radius 3 is 2.27 bits per heavy atom. The number of nitrogens with zero attached hydrogens (tertiary/aromatic N) is 1. The number of sulfonamides is 1. The molecule has 0 unspecified atom stereocenters. The van der Waals surface area contributed by atoms with E-state index in [1.807, 2.05) is 0 Å². The normalized spacial score (nSPS) is 11.0. The minimum atomic E-state index is -3.98. The molecule has 0 radical (unpaired) electrons. The lowest BCUT2D eigenvalue weighted by Crippen LogP contribution is -2.24. The van der Waals surface area contributed by atoms with Crippen molar-refractivity contribution >= 4 is 33.2 Å². The van der Waals surface area contributed by atoms with Crippen molar-refractivity contribution in [2.24, 2.45) is 0 Å². The summed E-state index contributed by atoms with van der Waals surface area (Å²) in [5, 5.41) is 0.297. The molecule has 0 atom stereocenters. The highest BCUT2D eigenvalue weighted by atomic mass is 35.5. The first-order chi connectivity index (χ1) is 12.2. The Hall–Kier alpha value is -2.45. The van der Waals surface area contributed by atoms with Crippen LogP contribution in [0, 0.1) is 0 Å². The molecule has 0 aliphatic carbocycles. The molecule has 0 saturated heterocycles. The van der Waals surface area contributed by atoms with Crippen LogP contribution in [0.3, 0.4) is 0 Å². The number of anilines is 1. The number of carbonyl (C=O) groups excluding carboxylic acids is 1. The summed E-state index contributed by atoms with van der Waals surface area (Å²) in [6.45, 7) is 0. The lowest BCUT2D eigenvalue weighted by molar-refractivity contribution is 0.0828. The van der Waals surface area contributed by atoms with Crippen LogP contribution in [0.25, 0.3) is 0 Å². The third kappa shape index (κ3) is 4.20. The Morgan fingerprint density at radius 1 is 1.04 bits per heavy atom. The molecule has 1 amide bonds. The number of hydrogen-bond acceptors (Lipinski definition) is 5. The molecular formula is C17H19ClN2O5S. The molecule has 1 N–H and O–H groups in total. The lowest BCUT2D eigenvalue weighted by Gasteiger charge is -2.16. The maximum absolute atomic E-state index is 12.7. The first-order valence-electron chi connectivity index (χ1n) is 7.45. The largest absolute Gasteiger partial charge is 0.493 e. The zero-order valence-electron chi connectivity index (χ0n) is 14.7. The standard InChI is InChI=1S/C17H19ClN2O5S/c1-20(2)17(21)13-7-5-11(18)9-14(13)19-26(22,23)12-6-8-15(24-3)16(10-12)25-4/h5-10,19H,1-4H3. The van der Waals surface area contributed by atoms with Gasteiger partial charge in [0.15, 0.2) is 11.5 Å². The van der Waals surface area contributed by atoms with Gasteiger partial charge in [-0.1, -0.05) is 11.6 Å². The van der Waals surface area contributed by atoms with Crippen LogP contribution >= 0.6 is 11.6 Å². The summed E-state index contributed by atoms with van der Waals surface area (Å²) in [7, 11) is 2.02. The molecule has 2 aromatic rings. The van der Waals surface area contributed by atoms with Crippen molar-refractivity contribution < 1.29 is 22.7 Å². The first-order valence-corrected chi connectivity index (χ1v) is 9.31. The summed E-state index contributed by atoms with van der Waals surface area (Å²) < 4.78 is 38.2. The van der Waals surface area contributed by atoms with Gasteiger partial charge in [0.2, 0.25) is 0 Å². The first kappa shape index (κ1) is 19.9. The van der Waals surface area contributed by atoms with Crippen molar-refractivity contribution in [1.29, 1.82) is 0 Å². The van der Waals surface area contributed by atoms with Gasteiger partial charge in [-0.3, -0.25) is 9.52 Å². The Morgan fingerprint density at radius 2 is 1.69 bits per heavy atom. The highest BCUT2D eigenvalue weighted by Gasteiger charge is 2.21. The molecule has 0 aliphatic heterocycles. The van der Waals surface area contributed by atoms with Crippen molar-refractivity contribution in [3.8, 4) is 11.5 Å². The van der Waals surface area contributed by atoms with E-state index in [2.05, 4.69) is 4.72 Å².